The van der Waals surface area contributed by atoms with Crippen LogP contribution in [-0.2, 0) is 13.0 Å². The third kappa shape index (κ3) is 3.88. The zero-order valence-electron chi connectivity index (χ0n) is 11.4. The predicted octanol–water partition coefficient (Wildman–Crippen LogP) is 4.63. The van der Waals surface area contributed by atoms with Gasteiger partial charge < -0.3 is 5.32 Å². The van der Waals surface area contributed by atoms with Gasteiger partial charge >= 0.3 is 0 Å². The summed E-state index contributed by atoms with van der Waals surface area (Å²) in [6, 6.07) is 8.34. The van der Waals surface area contributed by atoms with Crippen LogP contribution in [-0.4, -0.2) is 11.5 Å². The molecule has 0 radical (unpaired) electrons. The number of nitrogens with one attached hydrogen (secondary N) is 1. The summed E-state index contributed by atoms with van der Waals surface area (Å²) in [5, 5.41) is 4.58. The molecule has 2 aromatic rings. The number of benzene rings is 1. The van der Waals surface area contributed by atoms with Gasteiger partial charge in [-0.2, -0.15) is 0 Å². The maximum Gasteiger partial charge on any atom is 0.123 e. The van der Waals surface area contributed by atoms with E-state index in [-0.39, 0.29) is 0 Å². The molecule has 1 aromatic heterocycles. The minimum atomic E-state index is 0.933. The lowest BCUT2D eigenvalue weighted by Gasteiger charge is -2.01. The van der Waals surface area contributed by atoms with E-state index in [2.05, 4.69) is 53.3 Å². The van der Waals surface area contributed by atoms with Crippen LogP contribution in [0.3, 0.4) is 0 Å². The van der Waals surface area contributed by atoms with Crippen LogP contribution in [0.1, 0.15) is 30.8 Å². The van der Waals surface area contributed by atoms with Crippen LogP contribution in [0.25, 0.3) is 10.6 Å². The van der Waals surface area contributed by atoms with Crippen molar-refractivity contribution in [1.29, 1.82) is 0 Å². The predicted molar refractivity (Wildman–Crippen MR) is 86.6 cm³/mol. The first-order chi connectivity index (χ1) is 9.24. The number of aryl methyl sites for hydroxylation is 1. The van der Waals surface area contributed by atoms with Crippen molar-refractivity contribution >= 4 is 27.3 Å². The SMILES string of the molecule is CCCNCc1sc(-c2cccc(Br)c2)nc1CC. The van der Waals surface area contributed by atoms with Crippen molar-refractivity contribution < 1.29 is 0 Å². The van der Waals surface area contributed by atoms with Gasteiger partial charge in [-0.15, -0.1) is 11.3 Å². The van der Waals surface area contributed by atoms with Gasteiger partial charge in [0.1, 0.15) is 5.01 Å². The van der Waals surface area contributed by atoms with E-state index in [1.54, 1.807) is 11.3 Å². The zero-order valence-corrected chi connectivity index (χ0v) is 13.8. The molecule has 1 N–H and O–H groups in total. The van der Waals surface area contributed by atoms with E-state index in [1.165, 1.54) is 22.6 Å². The molecular weight excluding hydrogens is 320 g/mol. The Morgan fingerprint density at radius 2 is 2.16 bits per heavy atom. The normalized spacial score (nSPS) is 10.9. The molecule has 0 saturated carbocycles. The van der Waals surface area contributed by atoms with Gasteiger partial charge in [-0.1, -0.05) is 41.9 Å². The largest absolute Gasteiger partial charge is 0.312 e. The molecule has 0 atom stereocenters. The molecule has 0 unspecified atom stereocenters. The van der Waals surface area contributed by atoms with Crippen LogP contribution in [0, 0.1) is 0 Å². The van der Waals surface area contributed by atoms with Crippen molar-refractivity contribution in [3.05, 3.63) is 39.3 Å². The Balaban J connectivity index is 2.22. The molecule has 0 spiro atoms. The van der Waals surface area contributed by atoms with E-state index in [9.17, 15) is 0 Å². The quantitative estimate of drug-likeness (QED) is 0.776. The highest BCUT2D eigenvalue weighted by Crippen LogP contribution is 2.30. The third-order valence-electron chi connectivity index (χ3n) is 2.90. The molecule has 1 heterocycles. The summed E-state index contributed by atoms with van der Waals surface area (Å²) >= 11 is 5.32. The number of rotatable bonds is 6. The Morgan fingerprint density at radius 3 is 2.84 bits per heavy atom. The lowest BCUT2D eigenvalue weighted by Crippen LogP contribution is -2.13. The molecule has 4 heteroatoms. The number of hydrogen-bond acceptors (Lipinski definition) is 3. The Hall–Kier alpha value is -0.710. The second-order valence-corrected chi connectivity index (χ2v) is 6.43. The van der Waals surface area contributed by atoms with Crippen LogP contribution in [0.15, 0.2) is 28.7 Å². The van der Waals surface area contributed by atoms with Crippen molar-refractivity contribution in [2.75, 3.05) is 6.54 Å². The molecule has 0 aliphatic carbocycles. The molecule has 1 aromatic carbocycles. The molecule has 0 bridgehead atoms. The fourth-order valence-electron chi connectivity index (χ4n) is 1.92. The molecular formula is C15H19BrN2S. The van der Waals surface area contributed by atoms with Gasteiger partial charge in [-0.3, -0.25) is 0 Å². The van der Waals surface area contributed by atoms with Gasteiger partial charge in [-0.25, -0.2) is 4.98 Å². The van der Waals surface area contributed by atoms with E-state index >= 15 is 0 Å². The molecule has 0 saturated heterocycles. The van der Waals surface area contributed by atoms with E-state index in [1.807, 2.05) is 6.07 Å². The zero-order chi connectivity index (χ0) is 13.7. The molecule has 0 aliphatic heterocycles. The van der Waals surface area contributed by atoms with E-state index in [4.69, 9.17) is 4.98 Å². The Kier molecular flexibility index (Phi) is 5.55. The number of thiazole rings is 1. The highest BCUT2D eigenvalue weighted by molar-refractivity contribution is 9.10. The van der Waals surface area contributed by atoms with Crippen LogP contribution < -0.4 is 5.32 Å². The second-order valence-electron chi connectivity index (χ2n) is 4.43. The monoisotopic (exact) mass is 338 g/mol. The van der Waals surface area contributed by atoms with Gasteiger partial charge in [0, 0.05) is 21.5 Å². The summed E-state index contributed by atoms with van der Waals surface area (Å²) in [7, 11) is 0. The average Bonchev–Trinajstić information content (AvgIpc) is 2.82. The third-order valence-corrected chi connectivity index (χ3v) is 4.54. The fraction of sp³-hybridized carbons (Fsp3) is 0.400. The molecule has 2 rings (SSSR count). The summed E-state index contributed by atoms with van der Waals surface area (Å²) in [6.45, 7) is 6.35. The summed E-state index contributed by atoms with van der Waals surface area (Å²) in [5.41, 5.74) is 2.42. The van der Waals surface area contributed by atoms with Crippen molar-refractivity contribution in [2.45, 2.75) is 33.2 Å². The first-order valence-electron chi connectivity index (χ1n) is 6.69. The lowest BCUT2D eigenvalue weighted by atomic mass is 10.2. The lowest BCUT2D eigenvalue weighted by molar-refractivity contribution is 0.677. The summed E-state index contributed by atoms with van der Waals surface area (Å²) in [6.07, 6.45) is 2.16. The van der Waals surface area contributed by atoms with Gasteiger partial charge in [0.2, 0.25) is 0 Å². The maximum absolute atomic E-state index is 4.78. The number of aromatic nitrogens is 1. The van der Waals surface area contributed by atoms with Crippen molar-refractivity contribution in [3.8, 4) is 10.6 Å². The first kappa shape index (κ1) is 14.7. The fourth-order valence-corrected chi connectivity index (χ4v) is 3.44. The van der Waals surface area contributed by atoms with Crippen molar-refractivity contribution in [1.82, 2.24) is 10.3 Å². The summed E-state index contributed by atoms with van der Waals surface area (Å²) < 4.78 is 1.10. The first-order valence-corrected chi connectivity index (χ1v) is 8.30. The highest BCUT2D eigenvalue weighted by atomic mass is 79.9. The number of nitrogens with zero attached hydrogens (tertiary/aromatic N) is 1. The van der Waals surface area contributed by atoms with Gasteiger partial charge in [0.15, 0.2) is 0 Å². The number of hydrogen-bond donors (Lipinski definition) is 1. The van der Waals surface area contributed by atoms with Gasteiger partial charge in [-0.05, 0) is 31.5 Å². The molecule has 2 nitrogen and oxygen atoms in total. The van der Waals surface area contributed by atoms with Gasteiger partial charge in [0.05, 0.1) is 5.69 Å². The van der Waals surface area contributed by atoms with Crippen molar-refractivity contribution in [2.24, 2.45) is 0 Å². The average molecular weight is 339 g/mol. The molecule has 0 aliphatic rings. The molecule has 19 heavy (non-hydrogen) atoms. The smallest absolute Gasteiger partial charge is 0.123 e. The Bertz CT molecular complexity index is 537. The van der Waals surface area contributed by atoms with E-state index < -0.39 is 0 Å². The molecule has 102 valence electrons. The van der Waals surface area contributed by atoms with Crippen LogP contribution in [0.4, 0.5) is 0 Å². The minimum absolute atomic E-state index is 0.933. The Morgan fingerprint density at radius 1 is 1.32 bits per heavy atom. The van der Waals surface area contributed by atoms with E-state index in [0.29, 0.717) is 0 Å². The summed E-state index contributed by atoms with van der Waals surface area (Å²) in [5.74, 6) is 0. The standard InChI is InChI=1S/C15H19BrN2S/c1-3-8-17-10-14-13(4-2)18-15(19-14)11-6-5-7-12(16)9-11/h5-7,9,17H,3-4,8,10H2,1-2H3. The van der Waals surface area contributed by atoms with Gasteiger partial charge in [0.25, 0.3) is 0 Å². The van der Waals surface area contributed by atoms with Crippen molar-refractivity contribution in [3.63, 3.8) is 0 Å². The highest BCUT2D eigenvalue weighted by Gasteiger charge is 2.11. The molecule has 0 amide bonds. The Labute approximate surface area is 127 Å². The van der Waals surface area contributed by atoms with Crippen LogP contribution in [0.5, 0.6) is 0 Å². The van der Waals surface area contributed by atoms with Crippen LogP contribution in [0.2, 0.25) is 0 Å². The van der Waals surface area contributed by atoms with Crippen LogP contribution >= 0.6 is 27.3 Å². The molecule has 0 fully saturated rings. The summed E-state index contributed by atoms with van der Waals surface area (Å²) in [4.78, 5) is 6.14. The second kappa shape index (κ2) is 7.17. The maximum atomic E-state index is 4.78. The van der Waals surface area contributed by atoms with E-state index in [0.717, 1.165) is 29.0 Å². The minimum Gasteiger partial charge on any atom is -0.312 e. The number of halogens is 1. The topological polar surface area (TPSA) is 24.9 Å².